The second-order valence-electron chi connectivity index (χ2n) is 7.88. The Hall–Kier alpha value is -0.935. The van der Waals surface area contributed by atoms with Crippen molar-refractivity contribution in [1.82, 2.24) is 4.72 Å². The van der Waals surface area contributed by atoms with E-state index in [2.05, 4.69) is 4.72 Å². The Balaban J connectivity index is 1.74. The number of sulfone groups is 1. The van der Waals surface area contributed by atoms with E-state index in [-0.39, 0.29) is 16.4 Å². The van der Waals surface area contributed by atoms with Crippen LogP contribution in [0.4, 0.5) is 0 Å². The number of hydrogen-bond donors (Lipinski definition) is 1. The van der Waals surface area contributed by atoms with E-state index in [1.165, 1.54) is 12.1 Å². The highest BCUT2D eigenvalue weighted by Crippen LogP contribution is 2.36. The number of hydrogen-bond acceptors (Lipinski definition) is 6. The maximum atomic E-state index is 12.5. The lowest BCUT2D eigenvalue weighted by Crippen LogP contribution is -2.41. The zero-order chi connectivity index (χ0) is 19.4. The molecular formula is C16H24BNO6S2. The first kappa shape index (κ1) is 19.8. The Bertz CT molecular complexity index is 877. The lowest BCUT2D eigenvalue weighted by atomic mass is 9.79. The van der Waals surface area contributed by atoms with E-state index in [9.17, 15) is 16.8 Å². The average molecular weight is 401 g/mol. The third-order valence-corrected chi connectivity index (χ3v) is 8.57. The first-order valence-corrected chi connectivity index (χ1v) is 11.8. The molecular weight excluding hydrogens is 377 g/mol. The van der Waals surface area contributed by atoms with E-state index >= 15 is 0 Å². The molecule has 7 nitrogen and oxygen atoms in total. The van der Waals surface area contributed by atoms with Crippen LogP contribution in [-0.4, -0.2) is 52.7 Å². The minimum Gasteiger partial charge on any atom is -0.399 e. The molecule has 3 rings (SSSR count). The fourth-order valence-electron chi connectivity index (χ4n) is 2.96. The van der Waals surface area contributed by atoms with Gasteiger partial charge in [-0.1, -0.05) is 12.1 Å². The predicted octanol–water partition coefficient (Wildman–Crippen LogP) is 0.451. The van der Waals surface area contributed by atoms with Crippen LogP contribution in [0.25, 0.3) is 0 Å². The van der Waals surface area contributed by atoms with Gasteiger partial charge in [-0.3, -0.25) is 0 Å². The molecule has 0 amide bonds. The van der Waals surface area contributed by atoms with Gasteiger partial charge in [-0.2, -0.15) is 0 Å². The van der Waals surface area contributed by atoms with Crippen molar-refractivity contribution in [2.75, 3.05) is 11.5 Å². The second-order valence-corrected chi connectivity index (χ2v) is 11.8. The standard InChI is InChI=1S/C16H24BNO6S2/c1-15(2)16(3,4)24-17(23-15)12-5-7-14(8-6-12)26(21,22)18-13-9-10-25(19,20)11-13/h5-8,13,18H,9-11H2,1-4H3/t13-/m0/s1. The molecule has 144 valence electrons. The maximum absolute atomic E-state index is 12.5. The molecule has 1 N–H and O–H groups in total. The predicted molar refractivity (Wildman–Crippen MR) is 99.5 cm³/mol. The first-order chi connectivity index (χ1) is 11.8. The largest absolute Gasteiger partial charge is 0.494 e. The molecule has 10 heteroatoms. The third-order valence-electron chi connectivity index (χ3n) is 5.27. The maximum Gasteiger partial charge on any atom is 0.494 e. The molecule has 0 unspecified atom stereocenters. The van der Waals surface area contributed by atoms with Crippen molar-refractivity contribution in [1.29, 1.82) is 0 Å². The van der Waals surface area contributed by atoms with Gasteiger partial charge in [0, 0.05) is 6.04 Å². The third kappa shape index (κ3) is 3.84. The van der Waals surface area contributed by atoms with Crippen LogP contribution in [0.3, 0.4) is 0 Å². The van der Waals surface area contributed by atoms with Crippen LogP contribution < -0.4 is 10.2 Å². The van der Waals surface area contributed by atoms with Crippen molar-refractivity contribution in [2.24, 2.45) is 0 Å². The molecule has 2 fully saturated rings. The summed E-state index contributed by atoms with van der Waals surface area (Å²) < 4.78 is 62.3. The van der Waals surface area contributed by atoms with Crippen LogP contribution >= 0.6 is 0 Å². The number of nitrogens with one attached hydrogen (secondary N) is 1. The number of benzene rings is 1. The van der Waals surface area contributed by atoms with Gasteiger partial charge in [0.25, 0.3) is 0 Å². The van der Waals surface area contributed by atoms with Crippen LogP contribution in [0, 0.1) is 0 Å². The van der Waals surface area contributed by atoms with E-state index in [0.717, 1.165) is 5.46 Å². The molecule has 2 aliphatic heterocycles. The summed E-state index contributed by atoms with van der Waals surface area (Å²) in [5.41, 5.74) is -0.221. The first-order valence-electron chi connectivity index (χ1n) is 8.50. The Kier molecular flexibility index (Phi) is 4.80. The van der Waals surface area contributed by atoms with Crippen molar-refractivity contribution in [3.05, 3.63) is 24.3 Å². The Morgan fingerprint density at radius 2 is 1.62 bits per heavy atom. The van der Waals surface area contributed by atoms with Crippen LogP contribution in [0.5, 0.6) is 0 Å². The van der Waals surface area contributed by atoms with Crippen LogP contribution in [0.2, 0.25) is 0 Å². The molecule has 0 bridgehead atoms. The molecule has 0 radical (unpaired) electrons. The van der Waals surface area contributed by atoms with Crippen molar-refractivity contribution in [2.45, 2.75) is 56.3 Å². The molecule has 26 heavy (non-hydrogen) atoms. The summed E-state index contributed by atoms with van der Waals surface area (Å²) in [6.07, 6.45) is 0.299. The number of sulfonamides is 1. The highest BCUT2D eigenvalue weighted by Gasteiger charge is 2.51. The van der Waals surface area contributed by atoms with Crippen LogP contribution in [0.15, 0.2) is 29.2 Å². The highest BCUT2D eigenvalue weighted by molar-refractivity contribution is 7.92. The molecule has 2 saturated heterocycles. The van der Waals surface area contributed by atoms with Gasteiger partial charge >= 0.3 is 7.12 Å². The van der Waals surface area contributed by atoms with Gasteiger partial charge in [-0.15, -0.1) is 0 Å². The van der Waals surface area contributed by atoms with Crippen molar-refractivity contribution in [3.8, 4) is 0 Å². The fourth-order valence-corrected chi connectivity index (χ4v) is 6.01. The summed E-state index contributed by atoms with van der Waals surface area (Å²) in [5.74, 6) is -0.140. The fraction of sp³-hybridized carbons (Fsp3) is 0.625. The Morgan fingerprint density at radius 1 is 1.08 bits per heavy atom. The van der Waals surface area contributed by atoms with E-state index in [1.807, 2.05) is 27.7 Å². The average Bonchev–Trinajstić information content (AvgIpc) is 2.94. The van der Waals surface area contributed by atoms with Gasteiger partial charge in [0.15, 0.2) is 9.84 Å². The van der Waals surface area contributed by atoms with Crippen LogP contribution in [0.1, 0.15) is 34.1 Å². The lowest BCUT2D eigenvalue weighted by molar-refractivity contribution is 0.00578. The normalized spacial score (nSPS) is 26.9. The van der Waals surface area contributed by atoms with Gasteiger partial charge in [0.05, 0.1) is 27.6 Å². The molecule has 0 spiro atoms. The zero-order valence-electron chi connectivity index (χ0n) is 15.4. The van der Waals surface area contributed by atoms with E-state index in [0.29, 0.717) is 6.42 Å². The van der Waals surface area contributed by atoms with Gasteiger partial charge in [0.1, 0.15) is 0 Å². The molecule has 1 aromatic carbocycles. The van der Waals surface area contributed by atoms with Gasteiger partial charge in [-0.25, -0.2) is 21.6 Å². The molecule has 1 atom stereocenters. The minimum atomic E-state index is -3.78. The molecule has 0 aliphatic carbocycles. The van der Waals surface area contributed by atoms with E-state index in [4.69, 9.17) is 9.31 Å². The minimum absolute atomic E-state index is 0.0149. The van der Waals surface area contributed by atoms with E-state index < -0.39 is 44.2 Å². The second kappa shape index (κ2) is 6.30. The number of rotatable bonds is 4. The van der Waals surface area contributed by atoms with Crippen molar-refractivity contribution >= 4 is 32.4 Å². The topological polar surface area (TPSA) is 98.8 Å². The molecule has 2 aliphatic rings. The van der Waals surface area contributed by atoms with Gasteiger partial charge in [-0.05, 0) is 51.7 Å². The highest BCUT2D eigenvalue weighted by atomic mass is 32.2. The summed E-state index contributed by atoms with van der Waals surface area (Å²) in [4.78, 5) is 0.0852. The summed E-state index contributed by atoms with van der Waals surface area (Å²) in [6.45, 7) is 7.80. The van der Waals surface area contributed by atoms with Crippen LogP contribution in [-0.2, 0) is 29.2 Å². The quantitative estimate of drug-likeness (QED) is 0.736. The van der Waals surface area contributed by atoms with Gasteiger partial charge < -0.3 is 9.31 Å². The Morgan fingerprint density at radius 3 is 2.08 bits per heavy atom. The van der Waals surface area contributed by atoms with E-state index in [1.54, 1.807) is 12.1 Å². The summed E-state index contributed by atoms with van der Waals surface area (Å²) in [5, 5.41) is 0. The Labute approximate surface area is 155 Å². The van der Waals surface area contributed by atoms with Gasteiger partial charge in [0.2, 0.25) is 10.0 Å². The SMILES string of the molecule is CC1(C)OB(c2ccc(S(=O)(=O)N[C@H]3CCS(=O)(=O)C3)cc2)OC1(C)C. The monoisotopic (exact) mass is 401 g/mol. The zero-order valence-corrected chi connectivity index (χ0v) is 17.0. The summed E-state index contributed by atoms with van der Waals surface area (Å²) in [6, 6.07) is 5.69. The molecule has 1 aromatic rings. The summed E-state index contributed by atoms with van der Waals surface area (Å²) >= 11 is 0. The van der Waals surface area contributed by atoms with Crippen molar-refractivity contribution < 1.29 is 26.1 Å². The lowest BCUT2D eigenvalue weighted by Gasteiger charge is -2.32. The molecule has 2 heterocycles. The molecule has 0 saturated carbocycles. The van der Waals surface area contributed by atoms with Crippen molar-refractivity contribution in [3.63, 3.8) is 0 Å². The molecule has 0 aromatic heterocycles. The smallest absolute Gasteiger partial charge is 0.399 e. The summed E-state index contributed by atoms with van der Waals surface area (Å²) in [7, 11) is -7.49.